The molecule has 1 amide bonds. The maximum Gasteiger partial charge on any atom is 0.410 e. The molecule has 0 aliphatic heterocycles. The van der Waals surface area contributed by atoms with Crippen LogP contribution in [0.1, 0.15) is 48.5 Å². The molecule has 3 aromatic rings. The molecule has 7 nitrogen and oxygen atoms in total. The van der Waals surface area contributed by atoms with Gasteiger partial charge in [0, 0.05) is 30.8 Å². The SMILES string of the molecule is CC(C)n1cc(C(C(=O)O)N(C)C(=O)OCC2c3ccccc3-c3ccccc32)cn1. The number of rotatable bonds is 6. The number of hydrogen-bond acceptors (Lipinski definition) is 4. The first-order chi connectivity index (χ1) is 14.9. The van der Waals surface area contributed by atoms with Gasteiger partial charge in [-0.05, 0) is 36.1 Å². The molecule has 4 rings (SSSR count). The molecule has 0 saturated carbocycles. The minimum atomic E-state index is -1.18. The second-order valence-electron chi connectivity index (χ2n) is 8.00. The Morgan fingerprint density at radius 2 is 1.68 bits per heavy atom. The minimum Gasteiger partial charge on any atom is -0.479 e. The molecule has 31 heavy (non-hydrogen) atoms. The number of aliphatic carboxylic acids is 1. The van der Waals surface area contributed by atoms with Crippen molar-refractivity contribution in [1.29, 1.82) is 0 Å². The maximum absolute atomic E-state index is 12.8. The number of hydrogen-bond donors (Lipinski definition) is 1. The molecule has 0 saturated heterocycles. The van der Waals surface area contributed by atoms with Crippen molar-refractivity contribution in [2.24, 2.45) is 0 Å². The van der Waals surface area contributed by atoms with E-state index in [1.165, 1.54) is 13.2 Å². The number of carboxylic acids is 1. The Hall–Kier alpha value is -3.61. The lowest BCUT2D eigenvalue weighted by Gasteiger charge is -2.24. The second-order valence-corrected chi connectivity index (χ2v) is 8.00. The number of carbonyl (C=O) groups excluding carboxylic acids is 1. The van der Waals surface area contributed by atoms with E-state index in [9.17, 15) is 14.7 Å². The van der Waals surface area contributed by atoms with E-state index in [-0.39, 0.29) is 18.6 Å². The third-order valence-corrected chi connectivity index (χ3v) is 5.71. The number of amides is 1. The van der Waals surface area contributed by atoms with Gasteiger partial charge in [-0.25, -0.2) is 9.59 Å². The molecule has 0 bridgehead atoms. The normalized spacial score (nSPS) is 13.5. The summed E-state index contributed by atoms with van der Waals surface area (Å²) in [5.74, 6) is -1.23. The lowest BCUT2D eigenvalue weighted by Crippen LogP contribution is -2.36. The molecule has 1 unspecified atom stereocenters. The molecule has 1 aliphatic rings. The van der Waals surface area contributed by atoms with Crippen molar-refractivity contribution in [1.82, 2.24) is 14.7 Å². The van der Waals surface area contributed by atoms with Gasteiger partial charge < -0.3 is 9.84 Å². The van der Waals surface area contributed by atoms with Crippen molar-refractivity contribution in [3.63, 3.8) is 0 Å². The number of carboxylic acid groups (broad SMARTS) is 1. The summed E-state index contributed by atoms with van der Waals surface area (Å²) in [7, 11) is 1.43. The van der Waals surface area contributed by atoms with Gasteiger partial charge in [-0.1, -0.05) is 48.5 Å². The molecule has 1 aromatic heterocycles. The molecule has 2 aromatic carbocycles. The summed E-state index contributed by atoms with van der Waals surface area (Å²) >= 11 is 0. The number of fused-ring (bicyclic) bond motifs is 3. The smallest absolute Gasteiger partial charge is 0.410 e. The van der Waals surface area contributed by atoms with Crippen molar-refractivity contribution in [3.05, 3.63) is 77.6 Å². The standard InChI is InChI=1S/C24H25N3O4/c1-15(2)27-13-16(12-25-27)22(23(28)29)26(3)24(30)31-14-21-19-10-6-4-8-17(19)18-9-5-7-11-20(18)21/h4-13,15,21-22H,14H2,1-3H3,(H,28,29). The molecule has 0 fully saturated rings. The molecule has 1 heterocycles. The van der Waals surface area contributed by atoms with E-state index in [1.807, 2.05) is 50.2 Å². The molecular formula is C24H25N3O4. The minimum absolute atomic E-state index is 0.0861. The molecule has 1 atom stereocenters. The highest BCUT2D eigenvalue weighted by Gasteiger charge is 2.33. The van der Waals surface area contributed by atoms with E-state index < -0.39 is 18.1 Å². The fourth-order valence-electron chi connectivity index (χ4n) is 4.11. The van der Waals surface area contributed by atoms with Gasteiger partial charge in [0.15, 0.2) is 6.04 Å². The summed E-state index contributed by atoms with van der Waals surface area (Å²) in [4.78, 5) is 25.8. The van der Waals surface area contributed by atoms with E-state index in [0.29, 0.717) is 5.56 Å². The monoisotopic (exact) mass is 419 g/mol. The molecule has 1 N–H and O–H groups in total. The van der Waals surface area contributed by atoms with Crippen LogP contribution >= 0.6 is 0 Å². The summed E-state index contributed by atoms with van der Waals surface area (Å²) < 4.78 is 7.27. The zero-order valence-electron chi connectivity index (χ0n) is 17.7. The Balaban J connectivity index is 1.52. The van der Waals surface area contributed by atoms with Crippen LogP contribution in [0.4, 0.5) is 4.79 Å². The van der Waals surface area contributed by atoms with Crippen LogP contribution in [0.15, 0.2) is 60.9 Å². The number of ether oxygens (including phenoxy) is 1. The number of nitrogens with zero attached hydrogens (tertiary/aromatic N) is 3. The van der Waals surface area contributed by atoms with Gasteiger partial charge in [-0.15, -0.1) is 0 Å². The Bertz CT molecular complexity index is 1080. The predicted molar refractivity (Wildman–Crippen MR) is 116 cm³/mol. The molecule has 1 aliphatic carbocycles. The van der Waals surface area contributed by atoms with Crippen molar-refractivity contribution in [3.8, 4) is 11.1 Å². The van der Waals surface area contributed by atoms with E-state index >= 15 is 0 Å². The van der Waals surface area contributed by atoms with Crippen molar-refractivity contribution < 1.29 is 19.4 Å². The van der Waals surface area contributed by atoms with E-state index in [0.717, 1.165) is 27.2 Å². The Morgan fingerprint density at radius 1 is 1.10 bits per heavy atom. The third kappa shape index (κ3) is 3.79. The highest BCUT2D eigenvalue weighted by molar-refractivity contribution is 5.82. The van der Waals surface area contributed by atoms with E-state index in [4.69, 9.17) is 4.74 Å². The molecule has 160 valence electrons. The third-order valence-electron chi connectivity index (χ3n) is 5.71. The topological polar surface area (TPSA) is 84.7 Å². The average Bonchev–Trinajstić information content (AvgIpc) is 3.35. The van der Waals surface area contributed by atoms with Crippen LogP contribution < -0.4 is 0 Å². The Kier molecular flexibility index (Phi) is 5.50. The van der Waals surface area contributed by atoms with E-state index in [2.05, 4.69) is 17.2 Å². The lowest BCUT2D eigenvalue weighted by molar-refractivity contribution is -0.142. The summed E-state index contributed by atoms with van der Waals surface area (Å²) in [6.45, 7) is 4.03. The molecule has 0 spiro atoms. The maximum atomic E-state index is 12.8. The summed E-state index contributed by atoms with van der Waals surface area (Å²) in [5.41, 5.74) is 4.91. The summed E-state index contributed by atoms with van der Waals surface area (Å²) in [6.07, 6.45) is 2.44. The predicted octanol–water partition coefficient (Wildman–Crippen LogP) is 4.47. The molecule has 7 heteroatoms. The van der Waals surface area contributed by atoms with Crippen LogP contribution in [-0.2, 0) is 9.53 Å². The Morgan fingerprint density at radius 3 is 2.19 bits per heavy atom. The van der Waals surface area contributed by atoms with Crippen LogP contribution in [-0.4, -0.2) is 45.5 Å². The molecular weight excluding hydrogens is 394 g/mol. The lowest BCUT2D eigenvalue weighted by atomic mass is 9.98. The van der Waals surface area contributed by atoms with Crippen molar-refractivity contribution in [2.75, 3.05) is 13.7 Å². The quantitative estimate of drug-likeness (QED) is 0.637. The number of aromatic nitrogens is 2. The van der Waals surface area contributed by atoms with Crippen LogP contribution in [0, 0.1) is 0 Å². The first-order valence-corrected chi connectivity index (χ1v) is 10.2. The first-order valence-electron chi connectivity index (χ1n) is 10.2. The van der Waals surface area contributed by atoms with Gasteiger partial charge in [-0.2, -0.15) is 5.10 Å². The highest BCUT2D eigenvalue weighted by atomic mass is 16.6. The van der Waals surface area contributed by atoms with Gasteiger partial charge in [0.25, 0.3) is 0 Å². The number of likely N-dealkylation sites (N-methyl/N-ethyl adjacent to an activating group) is 1. The average molecular weight is 419 g/mol. The summed E-state index contributed by atoms with van der Waals surface area (Å²) in [6, 6.07) is 15.0. The van der Waals surface area contributed by atoms with E-state index in [1.54, 1.807) is 10.9 Å². The van der Waals surface area contributed by atoms with Crippen LogP contribution in [0.3, 0.4) is 0 Å². The fourth-order valence-corrected chi connectivity index (χ4v) is 4.11. The van der Waals surface area contributed by atoms with Gasteiger partial charge in [0.2, 0.25) is 0 Å². The van der Waals surface area contributed by atoms with Crippen LogP contribution in [0.25, 0.3) is 11.1 Å². The zero-order valence-corrected chi connectivity index (χ0v) is 17.7. The number of carbonyl (C=O) groups is 2. The fraction of sp³-hybridized carbons (Fsp3) is 0.292. The van der Waals surface area contributed by atoms with Gasteiger partial charge in [0.05, 0.1) is 6.20 Å². The van der Waals surface area contributed by atoms with Crippen LogP contribution in [0.5, 0.6) is 0 Å². The first kappa shape index (κ1) is 20.7. The summed E-state index contributed by atoms with van der Waals surface area (Å²) in [5, 5.41) is 13.9. The van der Waals surface area contributed by atoms with Crippen molar-refractivity contribution >= 4 is 12.1 Å². The van der Waals surface area contributed by atoms with Crippen molar-refractivity contribution in [2.45, 2.75) is 31.8 Å². The molecule has 0 radical (unpaired) electrons. The Labute approximate surface area is 180 Å². The largest absolute Gasteiger partial charge is 0.479 e. The van der Waals surface area contributed by atoms with Crippen LogP contribution in [0.2, 0.25) is 0 Å². The van der Waals surface area contributed by atoms with Gasteiger partial charge in [0.1, 0.15) is 6.61 Å². The highest BCUT2D eigenvalue weighted by Crippen LogP contribution is 2.44. The van der Waals surface area contributed by atoms with Gasteiger partial charge in [-0.3, -0.25) is 9.58 Å². The second kappa shape index (κ2) is 8.26. The van der Waals surface area contributed by atoms with Gasteiger partial charge >= 0.3 is 12.1 Å². The number of benzene rings is 2. The zero-order chi connectivity index (χ0) is 22.1.